The molecule has 2 aromatic rings. The molecule has 0 aromatic carbocycles. The van der Waals surface area contributed by atoms with E-state index in [2.05, 4.69) is 25.5 Å². The molecule has 1 amide bonds. The zero-order valence-corrected chi connectivity index (χ0v) is 11.9. The van der Waals surface area contributed by atoms with E-state index in [1.165, 1.54) is 0 Å². The van der Waals surface area contributed by atoms with Gasteiger partial charge in [0.1, 0.15) is 5.82 Å². The molecule has 1 atom stereocenters. The first kappa shape index (κ1) is 14.3. The second kappa shape index (κ2) is 6.88. The van der Waals surface area contributed by atoms with Gasteiger partial charge >= 0.3 is 0 Å². The van der Waals surface area contributed by atoms with Crippen molar-refractivity contribution in [3.05, 3.63) is 35.7 Å². The predicted molar refractivity (Wildman–Crippen MR) is 76.0 cm³/mol. The first-order valence-corrected chi connectivity index (χ1v) is 6.97. The second-order valence-electron chi connectivity index (χ2n) is 4.94. The van der Waals surface area contributed by atoms with Gasteiger partial charge in [-0.2, -0.15) is 5.10 Å². The molecule has 2 aromatic heterocycles. The van der Waals surface area contributed by atoms with Gasteiger partial charge in [-0.15, -0.1) is 0 Å². The second-order valence-corrected chi connectivity index (χ2v) is 4.94. The van der Waals surface area contributed by atoms with Crippen molar-refractivity contribution in [2.75, 3.05) is 0 Å². The Balaban J connectivity index is 1.77. The van der Waals surface area contributed by atoms with E-state index in [9.17, 15) is 4.79 Å². The van der Waals surface area contributed by atoms with Gasteiger partial charge in [-0.3, -0.25) is 9.89 Å². The lowest BCUT2D eigenvalue weighted by Crippen LogP contribution is -2.28. The average molecular weight is 275 g/mol. The van der Waals surface area contributed by atoms with Crippen LogP contribution in [0.3, 0.4) is 0 Å². The summed E-state index contributed by atoms with van der Waals surface area (Å²) in [5.74, 6) is 0.891. The molecule has 20 heavy (non-hydrogen) atoms. The topological polar surface area (TPSA) is 86.5 Å². The largest absolute Gasteiger partial charge is 0.346 e. The van der Waals surface area contributed by atoms with Crippen LogP contribution in [0, 0.1) is 6.92 Å². The molecule has 108 valence electrons. The van der Waals surface area contributed by atoms with Crippen LogP contribution >= 0.6 is 0 Å². The number of aryl methyl sites for hydroxylation is 2. The summed E-state index contributed by atoms with van der Waals surface area (Å²) in [7, 11) is 0. The molecular formula is C14H21N5O. The van der Waals surface area contributed by atoms with Gasteiger partial charge in [-0.1, -0.05) is 6.92 Å². The number of amides is 1. The standard InChI is InChI=1S/C14H21N5O/c1-3-12(14-15-7-10(2)18-14)19-13(20)6-4-5-11-8-16-17-9-11/h7-9,12H,3-6H2,1-2H3,(H,15,18)(H,16,17)(H,19,20)/t12-/m1/s1. The van der Waals surface area contributed by atoms with Crippen molar-refractivity contribution >= 4 is 5.91 Å². The minimum atomic E-state index is -0.0369. The van der Waals surface area contributed by atoms with Crippen molar-refractivity contribution < 1.29 is 4.79 Å². The van der Waals surface area contributed by atoms with Crippen LogP contribution < -0.4 is 5.32 Å². The van der Waals surface area contributed by atoms with E-state index in [4.69, 9.17) is 0 Å². The number of hydrogen-bond acceptors (Lipinski definition) is 3. The summed E-state index contributed by atoms with van der Waals surface area (Å²) in [5, 5.41) is 9.68. The maximum atomic E-state index is 11.9. The maximum absolute atomic E-state index is 11.9. The Kier molecular flexibility index (Phi) is 4.92. The SMILES string of the molecule is CC[C@@H](NC(=O)CCCc1cn[nH]c1)c1ncc(C)[nH]1. The summed E-state index contributed by atoms with van der Waals surface area (Å²) in [5.41, 5.74) is 2.14. The predicted octanol–water partition coefficient (Wildman–Crippen LogP) is 2.03. The number of rotatable bonds is 7. The maximum Gasteiger partial charge on any atom is 0.220 e. The number of carbonyl (C=O) groups is 1. The summed E-state index contributed by atoms with van der Waals surface area (Å²) in [6.45, 7) is 3.99. The lowest BCUT2D eigenvalue weighted by molar-refractivity contribution is -0.122. The van der Waals surface area contributed by atoms with E-state index in [0.717, 1.165) is 36.3 Å². The van der Waals surface area contributed by atoms with Crippen LogP contribution in [0.5, 0.6) is 0 Å². The number of imidazole rings is 1. The van der Waals surface area contributed by atoms with Crippen LogP contribution in [0.25, 0.3) is 0 Å². The Bertz CT molecular complexity index is 532. The summed E-state index contributed by atoms with van der Waals surface area (Å²) < 4.78 is 0. The van der Waals surface area contributed by atoms with Crippen molar-refractivity contribution in [1.29, 1.82) is 0 Å². The van der Waals surface area contributed by atoms with Gasteiger partial charge in [-0.05, 0) is 31.7 Å². The summed E-state index contributed by atoms with van der Waals surface area (Å²) in [6.07, 6.45) is 8.45. The van der Waals surface area contributed by atoms with Crippen molar-refractivity contribution in [2.45, 2.75) is 45.6 Å². The summed E-state index contributed by atoms with van der Waals surface area (Å²) >= 11 is 0. The quantitative estimate of drug-likeness (QED) is 0.722. The fourth-order valence-electron chi connectivity index (χ4n) is 2.11. The highest BCUT2D eigenvalue weighted by Gasteiger charge is 2.15. The van der Waals surface area contributed by atoms with E-state index in [-0.39, 0.29) is 11.9 Å². The van der Waals surface area contributed by atoms with Crippen molar-refractivity contribution in [3.63, 3.8) is 0 Å². The van der Waals surface area contributed by atoms with Crippen LogP contribution in [0.1, 0.15) is 49.3 Å². The summed E-state index contributed by atoms with van der Waals surface area (Å²) in [4.78, 5) is 19.4. The zero-order valence-electron chi connectivity index (χ0n) is 11.9. The molecule has 6 nitrogen and oxygen atoms in total. The Morgan fingerprint density at radius 3 is 2.90 bits per heavy atom. The van der Waals surface area contributed by atoms with Crippen LogP contribution in [-0.4, -0.2) is 26.1 Å². The summed E-state index contributed by atoms with van der Waals surface area (Å²) in [6, 6.07) is -0.0369. The number of nitrogens with one attached hydrogen (secondary N) is 3. The molecule has 6 heteroatoms. The smallest absolute Gasteiger partial charge is 0.220 e. The molecule has 0 saturated carbocycles. The number of nitrogens with zero attached hydrogens (tertiary/aromatic N) is 2. The van der Waals surface area contributed by atoms with Crippen LogP contribution in [0.4, 0.5) is 0 Å². The third-order valence-corrected chi connectivity index (χ3v) is 3.22. The fourth-order valence-corrected chi connectivity index (χ4v) is 2.11. The minimum absolute atomic E-state index is 0.0369. The van der Waals surface area contributed by atoms with Gasteiger partial charge in [0, 0.05) is 24.5 Å². The van der Waals surface area contributed by atoms with E-state index in [0.29, 0.717) is 6.42 Å². The number of carbonyl (C=O) groups excluding carboxylic acids is 1. The molecule has 0 aliphatic rings. The monoisotopic (exact) mass is 275 g/mol. The third-order valence-electron chi connectivity index (χ3n) is 3.22. The molecule has 0 saturated heterocycles. The van der Waals surface area contributed by atoms with Gasteiger partial charge < -0.3 is 10.3 Å². The van der Waals surface area contributed by atoms with Crippen LogP contribution in [0.15, 0.2) is 18.6 Å². The molecule has 0 unspecified atom stereocenters. The highest BCUT2D eigenvalue weighted by molar-refractivity contribution is 5.76. The number of aromatic nitrogens is 4. The van der Waals surface area contributed by atoms with Gasteiger partial charge in [0.15, 0.2) is 0 Å². The lowest BCUT2D eigenvalue weighted by atomic mass is 10.1. The Labute approximate surface area is 118 Å². The average Bonchev–Trinajstić information content (AvgIpc) is 3.07. The van der Waals surface area contributed by atoms with Gasteiger partial charge in [0.2, 0.25) is 5.91 Å². The van der Waals surface area contributed by atoms with E-state index < -0.39 is 0 Å². The Morgan fingerprint density at radius 2 is 2.30 bits per heavy atom. The van der Waals surface area contributed by atoms with Crippen molar-refractivity contribution in [2.24, 2.45) is 0 Å². The van der Waals surface area contributed by atoms with E-state index in [1.54, 1.807) is 12.4 Å². The van der Waals surface area contributed by atoms with Crippen molar-refractivity contribution in [3.8, 4) is 0 Å². The zero-order chi connectivity index (χ0) is 14.4. The number of H-pyrrole nitrogens is 2. The molecule has 0 spiro atoms. The molecule has 3 N–H and O–H groups in total. The van der Waals surface area contributed by atoms with Gasteiger partial charge in [-0.25, -0.2) is 4.98 Å². The van der Waals surface area contributed by atoms with Crippen LogP contribution in [-0.2, 0) is 11.2 Å². The molecule has 0 aliphatic carbocycles. The van der Waals surface area contributed by atoms with Crippen LogP contribution in [0.2, 0.25) is 0 Å². The molecule has 0 aliphatic heterocycles. The van der Waals surface area contributed by atoms with Gasteiger partial charge in [0.05, 0.1) is 12.2 Å². The molecule has 2 rings (SSSR count). The highest BCUT2D eigenvalue weighted by Crippen LogP contribution is 2.13. The number of aromatic amines is 2. The fraction of sp³-hybridized carbons (Fsp3) is 0.500. The molecule has 2 heterocycles. The Morgan fingerprint density at radius 1 is 1.45 bits per heavy atom. The highest BCUT2D eigenvalue weighted by atomic mass is 16.1. The first-order chi connectivity index (χ1) is 9.69. The lowest BCUT2D eigenvalue weighted by Gasteiger charge is -2.14. The first-order valence-electron chi connectivity index (χ1n) is 6.97. The molecular weight excluding hydrogens is 254 g/mol. The number of hydrogen-bond donors (Lipinski definition) is 3. The normalized spacial score (nSPS) is 12.3. The molecule has 0 fully saturated rings. The van der Waals surface area contributed by atoms with E-state index >= 15 is 0 Å². The van der Waals surface area contributed by atoms with E-state index in [1.807, 2.05) is 20.0 Å². The molecule has 0 radical (unpaired) electrons. The molecule has 0 bridgehead atoms. The Hall–Kier alpha value is -2.11. The minimum Gasteiger partial charge on any atom is -0.346 e. The van der Waals surface area contributed by atoms with Crippen molar-refractivity contribution in [1.82, 2.24) is 25.5 Å². The third kappa shape index (κ3) is 3.94. The van der Waals surface area contributed by atoms with Gasteiger partial charge in [0.25, 0.3) is 0 Å².